The zero-order valence-corrected chi connectivity index (χ0v) is 13.1. The van der Waals surface area contributed by atoms with Crippen LogP contribution in [0.15, 0.2) is 24.3 Å². The van der Waals surface area contributed by atoms with Crippen molar-refractivity contribution in [2.24, 2.45) is 0 Å². The maximum Gasteiger partial charge on any atom is 0.220 e. The molecule has 1 aromatic carbocycles. The van der Waals surface area contributed by atoms with E-state index in [2.05, 4.69) is 5.32 Å². The zero-order chi connectivity index (χ0) is 15.3. The van der Waals surface area contributed by atoms with Gasteiger partial charge in [-0.25, -0.2) is 8.42 Å². The lowest BCUT2D eigenvalue weighted by atomic mass is 10.2. The number of ether oxygens (including phenoxy) is 1. The number of amides is 1. The first-order valence-electron chi connectivity index (χ1n) is 6.83. The summed E-state index contributed by atoms with van der Waals surface area (Å²) in [4.78, 5) is 11.7. The van der Waals surface area contributed by atoms with E-state index in [4.69, 9.17) is 16.3 Å². The molecule has 1 amide bonds. The predicted molar refractivity (Wildman–Crippen MR) is 81.4 cm³/mol. The van der Waals surface area contributed by atoms with E-state index in [-0.39, 0.29) is 23.5 Å². The van der Waals surface area contributed by atoms with Crippen molar-refractivity contribution >= 4 is 27.3 Å². The van der Waals surface area contributed by atoms with E-state index in [0.717, 1.165) is 0 Å². The first-order valence-corrected chi connectivity index (χ1v) is 9.03. The number of benzene rings is 1. The summed E-state index contributed by atoms with van der Waals surface area (Å²) in [7, 11) is -2.96. The quantitative estimate of drug-likeness (QED) is 0.807. The zero-order valence-electron chi connectivity index (χ0n) is 11.5. The van der Waals surface area contributed by atoms with Gasteiger partial charge in [0.1, 0.15) is 5.75 Å². The van der Waals surface area contributed by atoms with E-state index >= 15 is 0 Å². The average Bonchev–Trinajstić information content (AvgIpc) is 2.76. The molecule has 1 heterocycles. The van der Waals surface area contributed by atoms with E-state index in [1.54, 1.807) is 24.3 Å². The van der Waals surface area contributed by atoms with Crippen molar-refractivity contribution in [3.63, 3.8) is 0 Å². The van der Waals surface area contributed by atoms with Gasteiger partial charge < -0.3 is 10.1 Å². The third-order valence-electron chi connectivity index (χ3n) is 3.23. The van der Waals surface area contributed by atoms with Crippen molar-refractivity contribution in [1.29, 1.82) is 0 Å². The number of carbonyl (C=O) groups is 1. The third-order valence-corrected chi connectivity index (χ3v) is 5.25. The summed E-state index contributed by atoms with van der Waals surface area (Å²) in [6.07, 6.45) is 1.41. The number of hydrogen-bond acceptors (Lipinski definition) is 4. The molecule has 21 heavy (non-hydrogen) atoms. The fraction of sp³-hybridized carbons (Fsp3) is 0.500. The summed E-state index contributed by atoms with van der Waals surface area (Å²) in [6.45, 7) is 0.429. The maximum atomic E-state index is 11.7. The Bertz CT molecular complexity index is 585. The topological polar surface area (TPSA) is 72.5 Å². The van der Waals surface area contributed by atoms with Crippen molar-refractivity contribution < 1.29 is 17.9 Å². The van der Waals surface area contributed by atoms with Crippen LogP contribution in [0.3, 0.4) is 0 Å². The van der Waals surface area contributed by atoms with E-state index in [1.165, 1.54) is 0 Å². The van der Waals surface area contributed by atoms with Gasteiger partial charge in [0.25, 0.3) is 0 Å². The molecular weight excluding hydrogens is 314 g/mol. The third kappa shape index (κ3) is 5.55. The van der Waals surface area contributed by atoms with Gasteiger partial charge in [-0.15, -0.1) is 0 Å². The molecule has 116 valence electrons. The van der Waals surface area contributed by atoms with E-state index < -0.39 is 9.84 Å². The first kappa shape index (κ1) is 16.1. The standard InChI is InChI=1S/C14H18ClNO4S/c15-11-3-5-13(6-4-11)20-8-1-2-14(17)16-12-7-9-21(18,19)10-12/h3-6,12H,1-2,7-10H2,(H,16,17)/t12-/m0/s1. The first-order chi connectivity index (χ1) is 9.94. The van der Waals surface area contributed by atoms with Gasteiger partial charge in [-0.3, -0.25) is 4.79 Å². The van der Waals surface area contributed by atoms with Gasteiger partial charge in [0.15, 0.2) is 9.84 Å². The summed E-state index contributed by atoms with van der Waals surface area (Å²) in [5, 5.41) is 3.40. The maximum absolute atomic E-state index is 11.7. The second-order valence-corrected chi connectivity index (χ2v) is 7.74. The van der Waals surface area contributed by atoms with Crippen molar-refractivity contribution in [3.8, 4) is 5.75 Å². The van der Waals surface area contributed by atoms with E-state index in [1.807, 2.05) is 0 Å². The minimum absolute atomic E-state index is 0.0556. The highest BCUT2D eigenvalue weighted by molar-refractivity contribution is 7.91. The average molecular weight is 332 g/mol. The van der Waals surface area contributed by atoms with Crippen molar-refractivity contribution in [1.82, 2.24) is 5.32 Å². The number of rotatable bonds is 6. The van der Waals surface area contributed by atoms with Crippen LogP contribution in [0.2, 0.25) is 5.02 Å². The molecule has 1 aliphatic heterocycles. The molecule has 0 radical (unpaired) electrons. The Hall–Kier alpha value is -1.27. The van der Waals surface area contributed by atoms with Crippen molar-refractivity contribution in [3.05, 3.63) is 29.3 Å². The molecule has 0 aromatic heterocycles. The monoisotopic (exact) mass is 331 g/mol. The Morgan fingerprint density at radius 1 is 1.33 bits per heavy atom. The Kier molecular flexibility index (Phi) is 5.47. The van der Waals surface area contributed by atoms with Crippen LogP contribution in [-0.4, -0.2) is 38.5 Å². The Morgan fingerprint density at radius 2 is 2.05 bits per heavy atom. The molecule has 1 saturated heterocycles. The van der Waals surface area contributed by atoms with Crippen LogP contribution in [-0.2, 0) is 14.6 Å². The normalized spacial score (nSPS) is 20.1. The van der Waals surface area contributed by atoms with Crippen LogP contribution >= 0.6 is 11.6 Å². The van der Waals surface area contributed by atoms with Gasteiger partial charge in [-0.05, 0) is 37.1 Å². The number of carbonyl (C=O) groups excluding carboxylic acids is 1. The number of nitrogens with one attached hydrogen (secondary N) is 1. The smallest absolute Gasteiger partial charge is 0.220 e. The summed E-state index contributed by atoms with van der Waals surface area (Å²) in [5.41, 5.74) is 0. The largest absolute Gasteiger partial charge is 0.494 e. The molecule has 0 unspecified atom stereocenters. The van der Waals surface area contributed by atoms with Gasteiger partial charge in [0, 0.05) is 17.5 Å². The van der Waals surface area contributed by atoms with Crippen LogP contribution in [0.25, 0.3) is 0 Å². The summed E-state index contributed by atoms with van der Waals surface area (Å²) >= 11 is 5.76. The van der Waals surface area contributed by atoms with Crippen molar-refractivity contribution in [2.75, 3.05) is 18.1 Å². The molecule has 0 aliphatic carbocycles. The molecule has 1 fully saturated rings. The Morgan fingerprint density at radius 3 is 2.67 bits per heavy atom. The minimum Gasteiger partial charge on any atom is -0.494 e. The van der Waals surface area contributed by atoms with E-state index in [0.29, 0.717) is 36.6 Å². The molecule has 1 aromatic rings. The van der Waals surface area contributed by atoms with Gasteiger partial charge in [0.05, 0.1) is 18.1 Å². The molecule has 0 saturated carbocycles. The fourth-order valence-corrected chi connectivity index (χ4v) is 3.96. The van der Waals surface area contributed by atoms with Crippen LogP contribution in [0.5, 0.6) is 5.75 Å². The highest BCUT2D eigenvalue weighted by atomic mass is 35.5. The molecule has 7 heteroatoms. The lowest BCUT2D eigenvalue weighted by Crippen LogP contribution is -2.35. The molecule has 1 aliphatic rings. The predicted octanol–water partition coefficient (Wildman–Crippen LogP) is 1.80. The summed E-state index contributed by atoms with van der Waals surface area (Å²) < 4.78 is 28.0. The Balaban J connectivity index is 1.62. The molecule has 5 nitrogen and oxygen atoms in total. The fourth-order valence-electron chi connectivity index (χ4n) is 2.16. The number of hydrogen-bond donors (Lipinski definition) is 1. The SMILES string of the molecule is O=C(CCCOc1ccc(Cl)cc1)N[C@H]1CCS(=O)(=O)C1. The Labute approximate surface area is 129 Å². The lowest BCUT2D eigenvalue weighted by Gasteiger charge is -2.11. The number of halogens is 1. The molecule has 0 bridgehead atoms. The molecule has 0 spiro atoms. The van der Waals surface area contributed by atoms with Gasteiger partial charge >= 0.3 is 0 Å². The number of sulfone groups is 1. The lowest BCUT2D eigenvalue weighted by molar-refractivity contribution is -0.121. The molecule has 2 rings (SSSR count). The van der Waals surface area contributed by atoms with E-state index in [9.17, 15) is 13.2 Å². The van der Waals surface area contributed by atoms with Gasteiger partial charge in [0.2, 0.25) is 5.91 Å². The van der Waals surface area contributed by atoms with Crippen LogP contribution in [0.4, 0.5) is 0 Å². The van der Waals surface area contributed by atoms with Crippen LogP contribution in [0, 0.1) is 0 Å². The second kappa shape index (κ2) is 7.13. The molecule has 1 atom stereocenters. The van der Waals surface area contributed by atoms with Crippen molar-refractivity contribution in [2.45, 2.75) is 25.3 Å². The molecular formula is C14H18ClNO4S. The summed E-state index contributed by atoms with van der Waals surface area (Å²) in [5.74, 6) is 0.802. The minimum atomic E-state index is -2.96. The second-order valence-electron chi connectivity index (χ2n) is 5.07. The van der Waals surface area contributed by atoms with Crippen LogP contribution in [0.1, 0.15) is 19.3 Å². The summed E-state index contributed by atoms with van der Waals surface area (Å²) in [6, 6.07) is 6.78. The van der Waals surface area contributed by atoms with Gasteiger partial charge in [-0.1, -0.05) is 11.6 Å². The highest BCUT2D eigenvalue weighted by Gasteiger charge is 2.28. The van der Waals surface area contributed by atoms with Crippen LogP contribution < -0.4 is 10.1 Å². The van der Waals surface area contributed by atoms with Gasteiger partial charge in [-0.2, -0.15) is 0 Å². The molecule has 1 N–H and O–H groups in total. The highest BCUT2D eigenvalue weighted by Crippen LogP contribution is 2.16.